The molecule has 0 saturated carbocycles. The monoisotopic (exact) mass is 240 g/mol. The molecule has 0 heterocycles. The smallest absolute Gasteiger partial charge is 0.306 e. The van der Waals surface area contributed by atoms with Gasteiger partial charge in [-0.25, -0.2) is 0 Å². The molecule has 16 heavy (non-hydrogen) atoms. The van der Waals surface area contributed by atoms with E-state index < -0.39 is 0 Å². The predicted octanol–water partition coefficient (Wildman–Crippen LogP) is 2.22. The van der Waals surface area contributed by atoms with Crippen molar-refractivity contribution >= 4 is 17.7 Å². The first-order chi connectivity index (χ1) is 7.65. The van der Waals surface area contributed by atoms with Gasteiger partial charge in [0, 0.05) is 10.1 Å². The molecular weight excluding hydrogens is 224 g/mol. The number of ether oxygens (including phenoxy) is 1. The van der Waals surface area contributed by atoms with Crippen LogP contribution in [0.3, 0.4) is 0 Å². The Labute approximate surface area is 99.8 Å². The zero-order chi connectivity index (χ0) is 12.0. The zero-order valence-corrected chi connectivity index (χ0v) is 10.3. The highest BCUT2D eigenvalue weighted by Gasteiger charge is 2.10. The molecule has 0 saturated heterocycles. The van der Waals surface area contributed by atoms with Gasteiger partial charge in [-0.3, -0.25) is 4.79 Å². The van der Waals surface area contributed by atoms with E-state index in [4.69, 9.17) is 5.11 Å². The minimum atomic E-state index is -0.188. The van der Waals surface area contributed by atoms with Crippen LogP contribution in [0.5, 0.6) is 0 Å². The fraction of sp³-hybridized carbons (Fsp3) is 0.417. The van der Waals surface area contributed by atoms with Crippen molar-refractivity contribution < 1.29 is 14.6 Å². The minimum absolute atomic E-state index is 0.0582. The maximum Gasteiger partial charge on any atom is 0.306 e. The van der Waals surface area contributed by atoms with Crippen molar-refractivity contribution in [2.45, 2.75) is 30.1 Å². The van der Waals surface area contributed by atoms with Crippen molar-refractivity contribution in [3.63, 3.8) is 0 Å². The van der Waals surface area contributed by atoms with E-state index in [0.717, 1.165) is 10.5 Å². The molecule has 1 unspecified atom stereocenters. The Hall–Kier alpha value is -1.00. The van der Waals surface area contributed by atoms with E-state index in [0.29, 0.717) is 6.42 Å². The van der Waals surface area contributed by atoms with Gasteiger partial charge < -0.3 is 9.84 Å². The van der Waals surface area contributed by atoms with Crippen LogP contribution in [0.25, 0.3) is 0 Å². The topological polar surface area (TPSA) is 46.5 Å². The Kier molecular flexibility index (Phi) is 5.35. The van der Waals surface area contributed by atoms with Gasteiger partial charge in [0.05, 0.1) is 20.1 Å². The third-order valence-electron chi connectivity index (χ3n) is 2.12. The molecule has 0 aromatic heterocycles. The lowest BCUT2D eigenvalue weighted by atomic mass is 10.2. The molecule has 1 rings (SSSR count). The number of aliphatic hydroxyl groups excluding tert-OH is 1. The van der Waals surface area contributed by atoms with E-state index in [2.05, 4.69) is 4.74 Å². The van der Waals surface area contributed by atoms with Gasteiger partial charge in [0.1, 0.15) is 0 Å². The van der Waals surface area contributed by atoms with Crippen molar-refractivity contribution in [1.82, 2.24) is 0 Å². The summed E-state index contributed by atoms with van der Waals surface area (Å²) in [7, 11) is 1.40. The second kappa shape index (κ2) is 6.55. The molecule has 3 nitrogen and oxygen atoms in total. The van der Waals surface area contributed by atoms with Gasteiger partial charge in [-0.15, -0.1) is 11.8 Å². The summed E-state index contributed by atoms with van der Waals surface area (Å²) in [5, 5.41) is 9.08. The standard InChI is InChI=1S/C12H16O3S/c1-9(7-12(14)15-2)16-11-5-3-10(8-13)4-6-11/h3-6,9,13H,7-8H2,1-2H3. The molecule has 0 fully saturated rings. The average Bonchev–Trinajstić information content (AvgIpc) is 2.29. The molecule has 0 aliphatic carbocycles. The molecule has 1 atom stereocenters. The first-order valence-corrected chi connectivity index (χ1v) is 5.97. The summed E-state index contributed by atoms with van der Waals surface area (Å²) in [6.45, 7) is 2.05. The second-order valence-electron chi connectivity index (χ2n) is 3.51. The van der Waals surface area contributed by atoms with Gasteiger partial charge in [0.2, 0.25) is 0 Å². The van der Waals surface area contributed by atoms with E-state index in [1.807, 2.05) is 31.2 Å². The number of methoxy groups -OCH3 is 1. The zero-order valence-electron chi connectivity index (χ0n) is 9.47. The molecule has 0 aliphatic rings. The molecule has 0 spiro atoms. The summed E-state index contributed by atoms with van der Waals surface area (Å²) in [4.78, 5) is 12.1. The van der Waals surface area contributed by atoms with Crippen LogP contribution in [0.4, 0.5) is 0 Å². The minimum Gasteiger partial charge on any atom is -0.469 e. The fourth-order valence-electron chi connectivity index (χ4n) is 1.27. The number of carbonyl (C=O) groups is 1. The Morgan fingerprint density at radius 3 is 2.56 bits per heavy atom. The van der Waals surface area contributed by atoms with Gasteiger partial charge in [0.15, 0.2) is 0 Å². The van der Waals surface area contributed by atoms with Crippen LogP contribution in [0.15, 0.2) is 29.2 Å². The highest BCUT2D eigenvalue weighted by molar-refractivity contribution is 8.00. The highest BCUT2D eigenvalue weighted by atomic mass is 32.2. The molecule has 0 amide bonds. The van der Waals surface area contributed by atoms with Crippen molar-refractivity contribution in [3.8, 4) is 0 Å². The van der Waals surface area contributed by atoms with Crippen LogP contribution in [0.2, 0.25) is 0 Å². The number of hydrogen-bond donors (Lipinski definition) is 1. The fourth-order valence-corrected chi connectivity index (χ4v) is 2.24. The van der Waals surface area contributed by atoms with Gasteiger partial charge in [-0.1, -0.05) is 19.1 Å². The Bertz CT molecular complexity index is 335. The van der Waals surface area contributed by atoms with Crippen molar-refractivity contribution in [2.24, 2.45) is 0 Å². The van der Waals surface area contributed by atoms with E-state index in [1.165, 1.54) is 7.11 Å². The summed E-state index contributed by atoms with van der Waals surface area (Å²) in [6, 6.07) is 7.66. The average molecular weight is 240 g/mol. The summed E-state index contributed by atoms with van der Waals surface area (Å²) >= 11 is 1.62. The number of thioether (sulfide) groups is 1. The van der Waals surface area contributed by atoms with Crippen LogP contribution in [-0.4, -0.2) is 23.4 Å². The van der Waals surface area contributed by atoms with Crippen LogP contribution >= 0.6 is 11.8 Å². The van der Waals surface area contributed by atoms with E-state index in [-0.39, 0.29) is 17.8 Å². The summed E-state index contributed by atoms with van der Waals surface area (Å²) in [5.41, 5.74) is 0.893. The molecular formula is C12H16O3S. The van der Waals surface area contributed by atoms with Gasteiger partial charge in [0.25, 0.3) is 0 Å². The van der Waals surface area contributed by atoms with Crippen LogP contribution in [-0.2, 0) is 16.1 Å². The maximum absolute atomic E-state index is 11.0. The largest absolute Gasteiger partial charge is 0.469 e. The Morgan fingerprint density at radius 1 is 1.44 bits per heavy atom. The Morgan fingerprint density at radius 2 is 2.06 bits per heavy atom. The number of rotatable bonds is 5. The van der Waals surface area contributed by atoms with Crippen LogP contribution < -0.4 is 0 Å². The quantitative estimate of drug-likeness (QED) is 0.633. The van der Waals surface area contributed by atoms with Gasteiger partial charge in [-0.2, -0.15) is 0 Å². The maximum atomic E-state index is 11.0. The number of aliphatic hydroxyl groups is 1. The molecule has 1 N–H and O–H groups in total. The SMILES string of the molecule is COC(=O)CC(C)Sc1ccc(CO)cc1. The van der Waals surface area contributed by atoms with Crippen molar-refractivity contribution in [2.75, 3.05) is 7.11 Å². The molecule has 0 aliphatic heterocycles. The number of hydrogen-bond acceptors (Lipinski definition) is 4. The number of carbonyl (C=O) groups excluding carboxylic acids is 1. The molecule has 1 aromatic carbocycles. The first kappa shape index (κ1) is 13.1. The molecule has 4 heteroatoms. The lowest BCUT2D eigenvalue weighted by Gasteiger charge is -2.09. The third-order valence-corrected chi connectivity index (χ3v) is 3.24. The van der Waals surface area contributed by atoms with E-state index in [1.54, 1.807) is 11.8 Å². The molecule has 0 bridgehead atoms. The third kappa shape index (κ3) is 4.24. The number of benzene rings is 1. The predicted molar refractivity (Wildman–Crippen MR) is 64.3 cm³/mol. The van der Waals surface area contributed by atoms with Crippen LogP contribution in [0, 0.1) is 0 Å². The Balaban J connectivity index is 2.49. The van der Waals surface area contributed by atoms with Crippen molar-refractivity contribution in [1.29, 1.82) is 0 Å². The van der Waals surface area contributed by atoms with Crippen molar-refractivity contribution in [3.05, 3.63) is 29.8 Å². The second-order valence-corrected chi connectivity index (χ2v) is 5.02. The summed E-state index contributed by atoms with van der Waals surface area (Å²) in [6.07, 6.45) is 0.406. The van der Waals surface area contributed by atoms with Gasteiger partial charge >= 0.3 is 5.97 Å². The lowest BCUT2D eigenvalue weighted by molar-refractivity contribution is -0.140. The summed E-state index contributed by atoms with van der Waals surface area (Å²) < 4.78 is 4.61. The molecule has 88 valence electrons. The molecule has 1 aromatic rings. The number of esters is 1. The van der Waals surface area contributed by atoms with Gasteiger partial charge in [-0.05, 0) is 17.7 Å². The highest BCUT2D eigenvalue weighted by Crippen LogP contribution is 2.25. The summed E-state index contributed by atoms with van der Waals surface area (Å²) in [5.74, 6) is -0.188. The van der Waals surface area contributed by atoms with Crippen LogP contribution in [0.1, 0.15) is 18.9 Å². The normalized spacial score (nSPS) is 12.2. The lowest BCUT2D eigenvalue weighted by Crippen LogP contribution is -2.08. The van der Waals surface area contributed by atoms with E-state index >= 15 is 0 Å². The molecule has 0 radical (unpaired) electrons. The van der Waals surface area contributed by atoms with E-state index in [9.17, 15) is 4.79 Å². The first-order valence-electron chi connectivity index (χ1n) is 5.09.